The highest BCUT2D eigenvalue weighted by molar-refractivity contribution is 6.12. The summed E-state index contributed by atoms with van der Waals surface area (Å²) in [5.74, 6) is 0.916. The molecule has 4 heteroatoms. The van der Waals surface area contributed by atoms with Gasteiger partial charge in [0, 0.05) is 5.39 Å². The second-order valence-corrected chi connectivity index (χ2v) is 4.52. The largest absolute Gasteiger partial charge is 0.496 e. The van der Waals surface area contributed by atoms with Crippen molar-refractivity contribution in [3.05, 3.63) is 59.9 Å². The van der Waals surface area contributed by atoms with Crippen LogP contribution in [0.3, 0.4) is 0 Å². The molecule has 3 rings (SSSR count). The standard InChI is InChI=1S/C17H14O4/c1-19-13-8-5-9-14(20-2)16(13)17(18)15-10-11-6-3-4-7-12(11)21-15/h3-10H,1-2H3. The highest BCUT2D eigenvalue weighted by Crippen LogP contribution is 2.32. The molecule has 0 fully saturated rings. The van der Waals surface area contributed by atoms with Crippen LogP contribution >= 0.6 is 0 Å². The zero-order valence-electron chi connectivity index (χ0n) is 11.8. The van der Waals surface area contributed by atoms with Crippen LogP contribution in [0.4, 0.5) is 0 Å². The summed E-state index contributed by atoms with van der Waals surface area (Å²) in [4.78, 5) is 12.7. The van der Waals surface area contributed by atoms with E-state index in [0.29, 0.717) is 22.6 Å². The third kappa shape index (κ3) is 2.25. The molecule has 0 saturated heterocycles. The Morgan fingerprint density at radius 2 is 1.62 bits per heavy atom. The Morgan fingerprint density at radius 3 is 2.24 bits per heavy atom. The van der Waals surface area contributed by atoms with E-state index < -0.39 is 0 Å². The van der Waals surface area contributed by atoms with E-state index in [-0.39, 0.29) is 11.5 Å². The van der Waals surface area contributed by atoms with Crippen molar-refractivity contribution in [3.63, 3.8) is 0 Å². The molecule has 0 atom stereocenters. The van der Waals surface area contributed by atoms with Crippen LogP contribution in [-0.2, 0) is 0 Å². The van der Waals surface area contributed by atoms with E-state index in [1.807, 2.05) is 24.3 Å². The van der Waals surface area contributed by atoms with Gasteiger partial charge in [-0.25, -0.2) is 0 Å². The van der Waals surface area contributed by atoms with Gasteiger partial charge in [0.25, 0.3) is 0 Å². The van der Waals surface area contributed by atoms with Gasteiger partial charge in [0.05, 0.1) is 14.2 Å². The summed E-state index contributed by atoms with van der Waals surface area (Å²) in [6, 6.07) is 14.4. The number of benzene rings is 2. The van der Waals surface area contributed by atoms with Gasteiger partial charge in [-0.3, -0.25) is 4.79 Å². The molecule has 0 aliphatic carbocycles. The van der Waals surface area contributed by atoms with Crippen molar-refractivity contribution in [3.8, 4) is 11.5 Å². The van der Waals surface area contributed by atoms with Gasteiger partial charge in [-0.05, 0) is 24.3 Å². The summed E-state index contributed by atoms with van der Waals surface area (Å²) in [7, 11) is 3.04. The maximum absolute atomic E-state index is 12.7. The molecule has 106 valence electrons. The summed E-state index contributed by atoms with van der Waals surface area (Å²) in [5, 5.41) is 0.884. The molecule has 2 aromatic carbocycles. The van der Waals surface area contributed by atoms with Crippen LogP contribution in [0.2, 0.25) is 0 Å². The summed E-state index contributed by atoms with van der Waals surface area (Å²) < 4.78 is 16.1. The minimum absolute atomic E-state index is 0.263. The maximum atomic E-state index is 12.7. The van der Waals surface area contributed by atoms with Crippen molar-refractivity contribution >= 4 is 16.8 Å². The van der Waals surface area contributed by atoms with Crippen LogP contribution in [-0.4, -0.2) is 20.0 Å². The lowest BCUT2D eigenvalue weighted by Gasteiger charge is -2.10. The number of carbonyl (C=O) groups excluding carboxylic acids is 1. The van der Waals surface area contributed by atoms with Gasteiger partial charge >= 0.3 is 0 Å². The highest BCUT2D eigenvalue weighted by atomic mass is 16.5. The number of rotatable bonds is 4. The van der Waals surface area contributed by atoms with Crippen LogP contribution in [0.15, 0.2) is 52.9 Å². The van der Waals surface area contributed by atoms with Crippen molar-refractivity contribution in [2.24, 2.45) is 0 Å². The number of carbonyl (C=O) groups is 1. The van der Waals surface area contributed by atoms with Gasteiger partial charge in [0.1, 0.15) is 22.6 Å². The number of furan rings is 1. The topological polar surface area (TPSA) is 48.7 Å². The van der Waals surface area contributed by atoms with Gasteiger partial charge in [-0.2, -0.15) is 0 Å². The van der Waals surface area contributed by atoms with Crippen LogP contribution in [0.5, 0.6) is 11.5 Å². The predicted octanol–water partition coefficient (Wildman–Crippen LogP) is 3.68. The summed E-state index contributed by atoms with van der Waals surface area (Å²) in [5.41, 5.74) is 1.04. The lowest BCUT2D eigenvalue weighted by molar-refractivity contribution is 0.100. The quantitative estimate of drug-likeness (QED) is 0.685. The van der Waals surface area contributed by atoms with E-state index in [1.54, 1.807) is 24.3 Å². The molecular weight excluding hydrogens is 268 g/mol. The molecule has 0 aliphatic rings. The third-order valence-electron chi connectivity index (χ3n) is 3.30. The third-order valence-corrected chi connectivity index (χ3v) is 3.30. The zero-order valence-corrected chi connectivity index (χ0v) is 11.8. The molecule has 0 unspecified atom stereocenters. The molecule has 0 bridgehead atoms. The Morgan fingerprint density at radius 1 is 0.952 bits per heavy atom. The monoisotopic (exact) mass is 282 g/mol. The molecule has 1 aromatic heterocycles. The Hall–Kier alpha value is -2.75. The fourth-order valence-electron chi connectivity index (χ4n) is 2.29. The molecule has 0 saturated carbocycles. The first kappa shape index (κ1) is 13.2. The molecule has 0 radical (unpaired) electrons. The van der Waals surface area contributed by atoms with Crippen molar-refractivity contribution in [1.29, 1.82) is 0 Å². The van der Waals surface area contributed by atoms with E-state index in [9.17, 15) is 4.79 Å². The normalized spacial score (nSPS) is 10.6. The first-order chi connectivity index (χ1) is 10.2. The average molecular weight is 282 g/mol. The van der Waals surface area contributed by atoms with Crippen molar-refractivity contribution < 1.29 is 18.7 Å². The van der Waals surface area contributed by atoms with E-state index in [1.165, 1.54) is 14.2 Å². The van der Waals surface area contributed by atoms with E-state index in [0.717, 1.165) is 5.39 Å². The summed E-state index contributed by atoms with van der Waals surface area (Å²) in [6.07, 6.45) is 0. The zero-order chi connectivity index (χ0) is 14.8. The molecule has 1 heterocycles. The SMILES string of the molecule is COc1cccc(OC)c1C(=O)c1cc2ccccc2o1. The molecule has 3 aromatic rings. The van der Waals surface area contributed by atoms with Gasteiger partial charge in [0.2, 0.25) is 5.78 Å². The van der Waals surface area contributed by atoms with Crippen LogP contribution in [0.25, 0.3) is 11.0 Å². The average Bonchev–Trinajstić information content (AvgIpc) is 2.97. The first-order valence-electron chi connectivity index (χ1n) is 6.49. The van der Waals surface area contributed by atoms with Gasteiger partial charge < -0.3 is 13.9 Å². The molecular formula is C17H14O4. The Labute approximate surface area is 121 Å². The van der Waals surface area contributed by atoms with Crippen molar-refractivity contribution in [2.45, 2.75) is 0 Å². The number of hydrogen-bond donors (Lipinski definition) is 0. The number of para-hydroxylation sites is 1. The summed E-state index contributed by atoms with van der Waals surface area (Å²) in [6.45, 7) is 0. The lowest BCUT2D eigenvalue weighted by atomic mass is 10.1. The molecule has 4 nitrogen and oxygen atoms in total. The predicted molar refractivity (Wildman–Crippen MR) is 79.2 cm³/mol. The van der Waals surface area contributed by atoms with Gasteiger partial charge in [0.15, 0.2) is 5.76 Å². The van der Waals surface area contributed by atoms with Crippen LogP contribution < -0.4 is 9.47 Å². The Balaban J connectivity index is 2.13. The second kappa shape index (κ2) is 5.32. The van der Waals surface area contributed by atoms with Crippen LogP contribution in [0.1, 0.15) is 16.1 Å². The minimum Gasteiger partial charge on any atom is -0.496 e. The van der Waals surface area contributed by atoms with Crippen molar-refractivity contribution in [1.82, 2.24) is 0 Å². The molecule has 0 spiro atoms. The smallest absolute Gasteiger partial charge is 0.235 e. The number of fused-ring (bicyclic) bond motifs is 1. The number of methoxy groups -OCH3 is 2. The number of ketones is 1. The number of ether oxygens (including phenoxy) is 2. The van der Waals surface area contributed by atoms with Gasteiger partial charge in [-0.15, -0.1) is 0 Å². The fraction of sp³-hybridized carbons (Fsp3) is 0.118. The first-order valence-corrected chi connectivity index (χ1v) is 6.49. The molecule has 21 heavy (non-hydrogen) atoms. The van der Waals surface area contributed by atoms with Crippen molar-refractivity contribution in [2.75, 3.05) is 14.2 Å². The van der Waals surface area contributed by atoms with E-state index in [4.69, 9.17) is 13.9 Å². The van der Waals surface area contributed by atoms with Crippen LogP contribution in [0, 0.1) is 0 Å². The fourth-order valence-corrected chi connectivity index (χ4v) is 2.29. The molecule has 0 amide bonds. The van der Waals surface area contributed by atoms with E-state index >= 15 is 0 Å². The molecule has 0 N–H and O–H groups in total. The van der Waals surface area contributed by atoms with Gasteiger partial charge in [-0.1, -0.05) is 24.3 Å². The molecule has 0 aliphatic heterocycles. The highest BCUT2D eigenvalue weighted by Gasteiger charge is 2.22. The second-order valence-electron chi connectivity index (χ2n) is 4.52. The summed E-state index contributed by atoms with van der Waals surface area (Å²) >= 11 is 0. The Bertz CT molecular complexity index is 746. The minimum atomic E-state index is -0.263. The Kier molecular flexibility index (Phi) is 3.36. The van der Waals surface area contributed by atoms with E-state index in [2.05, 4.69) is 0 Å². The number of hydrogen-bond acceptors (Lipinski definition) is 4. The lowest BCUT2D eigenvalue weighted by Crippen LogP contribution is -2.05. The maximum Gasteiger partial charge on any atom is 0.235 e.